The van der Waals surface area contributed by atoms with E-state index >= 15 is 0 Å². The molecule has 9 heteroatoms. The van der Waals surface area contributed by atoms with E-state index in [4.69, 9.17) is 14.6 Å². The fourth-order valence-corrected chi connectivity index (χ4v) is 11.0. The number of carbonyl (C=O) groups is 4. The number of carboxylic acids is 1. The summed E-state index contributed by atoms with van der Waals surface area (Å²) in [5.41, 5.74) is 0. The van der Waals surface area contributed by atoms with Crippen molar-refractivity contribution in [3.8, 4) is 0 Å². The zero-order valence-corrected chi connectivity index (χ0v) is 54.2. The standard InChI is InChI=1S/C73H131NO8/c1-5-9-13-17-29-41-53-66(65-68(75)57-45-33-23-22-32-44-56-67(74-80)55-43-31-18-14-10-6-2)54-42-30-21-27-39-51-63-72(78)82-70(59-47-35-20-16-12-8-4)61-49-37-25-28-40-52-64-73(79)81-69(58-46-34-19-15-11-7-3)60-48-36-24-26-38-50-62-71(76)77/h29,31,34-35,41,43,46-47,66-67,69-70H,5-28,30,32-33,36-40,42,44-45,48-65H2,1-4H3,(H,76,77)/b41-29-,43-31-,46-34-,47-35-. The first-order valence-electron chi connectivity index (χ1n) is 35.2. The summed E-state index contributed by atoms with van der Waals surface area (Å²) in [4.78, 5) is 61.3. The summed E-state index contributed by atoms with van der Waals surface area (Å²) in [6.45, 7) is 8.91. The van der Waals surface area contributed by atoms with Crippen molar-refractivity contribution in [2.75, 3.05) is 0 Å². The maximum Gasteiger partial charge on any atom is 0.306 e. The highest BCUT2D eigenvalue weighted by Gasteiger charge is 2.16. The molecule has 1 N–H and O–H groups in total. The molecule has 0 aromatic heterocycles. The minimum Gasteiger partial charge on any atom is -0.481 e. The Hall–Kier alpha value is -3.36. The van der Waals surface area contributed by atoms with Gasteiger partial charge in [0.05, 0.1) is 6.04 Å². The van der Waals surface area contributed by atoms with Crippen LogP contribution < -0.4 is 0 Å². The van der Waals surface area contributed by atoms with E-state index in [0.29, 0.717) is 37.4 Å². The number of esters is 2. The summed E-state index contributed by atoms with van der Waals surface area (Å²) in [5.74, 6) is 0.000662. The van der Waals surface area contributed by atoms with Crippen molar-refractivity contribution in [1.82, 2.24) is 0 Å². The van der Waals surface area contributed by atoms with Crippen LogP contribution in [0.1, 0.15) is 368 Å². The zero-order valence-electron chi connectivity index (χ0n) is 54.2. The van der Waals surface area contributed by atoms with Crippen LogP contribution in [-0.4, -0.2) is 47.0 Å². The molecule has 0 aliphatic carbocycles. The van der Waals surface area contributed by atoms with Crippen LogP contribution >= 0.6 is 0 Å². The third-order valence-electron chi connectivity index (χ3n) is 16.3. The summed E-state index contributed by atoms with van der Waals surface area (Å²) in [6.07, 6.45) is 72.0. The molecule has 0 saturated heterocycles. The van der Waals surface area contributed by atoms with Crippen LogP contribution in [0.3, 0.4) is 0 Å². The number of allylic oxidation sites excluding steroid dienone is 5. The number of unbranched alkanes of at least 4 members (excludes halogenated alkanes) is 32. The summed E-state index contributed by atoms with van der Waals surface area (Å²) >= 11 is 0. The highest BCUT2D eigenvalue weighted by atomic mass is 16.5. The monoisotopic (exact) mass is 1150 g/mol. The molecule has 0 aromatic rings. The van der Waals surface area contributed by atoms with Crippen LogP contribution in [0.2, 0.25) is 0 Å². The third kappa shape index (κ3) is 58.4. The van der Waals surface area contributed by atoms with Crippen molar-refractivity contribution >= 4 is 23.7 Å². The topological polar surface area (TPSA) is 136 Å². The average molecular weight is 1150 g/mol. The Bertz CT molecular complexity index is 1570. The molecule has 0 radical (unpaired) electrons. The number of nitroso groups, excluding NO2 is 1. The van der Waals surface area contributed by atoms with Gasteiger partial charge in [-0.3, -0.25) is 19.2 Å². The molecule has 0 aliphatic rings. The molecule has 0 aromatic carbocycles. The van der Waals surface area contributed by atoms with Crippen molar-refractivity contribution in [2.45, 2.75) is 386 Å². The molecule has 476 valence electrons. The fourth-order valence-electron chi connectivity index (χ4n) is 11.0. The number of hydrogen-bond donors (Lipinski definition) is 1. The first-order valence-corrected chi connectivity index (χ1v) is 35.2. The number of aliphatic carboxylic acids is 1. The minimum absolute atomic E-state index is 0.0596. The van der Waals surface area contributed by atoms with Gasteiger partial charge in [-0.1, -0.05) is 248 Å². The third-order valence-corrected chi connectivity index (χ3v) is 16.3. The zero-order chi connectivity index (χ0) is 59.9. The Morgan fingerprint density at radius 3 is 1.07 bits per heavy atom. The SMILES string of the molecule is CCCCC/C=C\CC(CCCCCCCCC(=O)OC(C/C=C\CCCCC)CCCCCCCCC(=O)OC(C/C=C\CCCCC)CCCCCCCCC(=O)O)CC(=O)CCCCCCCCC(C/C=C\CCCCC)N=O. The van der Waals surface area contributed by atoms with Gasteiger partial charge < -0.3 is 14.6 Å². The molecule has 0 saturated carbocycles. The summed E-state index contributed by atoms with van der Waals surface area (Å²) in [5, 5.41) is 12.2. The summed E-state index contributed by atoms with van der Waals surface area (Å²) in [6, 6.07) is -0.0923. The van der Waals surface area contributed by atoms with E-state index in [-0.39, 0.29) is 36.6 Å². The molecular weight excluding hydrogens is 1020 g/mol. The van der Waals surface area contributed by atoms with E-state index in [0.717, 1.165) is 218 Å². The summed E-state index contributed by atoms with van der Waals surface area (Å²) < 4.78 is 12.1. The number of hydrogen-bond acceptors (Lipinski definition) is 8. The molecule has 0 heterocycles. The second-order valence-electron chi connectivity index (χ2n) is 24.4. The quantitative estimate of drug-likeness (QED) is 0.0275. The van der Waals surface area contributed by atoms with Gasteiger partial charge in [0.2, 0.25) is 0 Å². The van der Waals surface area contributed by atoms with Crippen molar-refractivity contribution in [1.29, 1.82) is 0 Å². The molecule has 0 aliphatic heterocycles. The predicted molar refractivity (Wildman–Crippen MR) is 349 cm³/mol. The molecular formula is C73H131NO8. The molecule has 0 fully saturated rings. The smallest absolute Gasteiger partial charge is 0.306 e. The molecule has 9 nitrogen and oxygen atoms in total. The van der Waals surface area contributed by atoms with Crippen molar-refractivity contribution in [3.63, 3.8) is 0 Å². The number of ether oxygens (including phenoxy) is 2. The second-order valence-corrected chi connectivity index (χ2v) is 24.4. The van der Waals surface area contributed by atoms with Crippen LogP contribution in [0.5, 0.6) is 0 Å². The Morgan fingerprint density at radius 1 is 0.354 bits per heavy atom. The highest BCUT2D eigenvalue weighted by molar-refractivity contribution is 5.78. The van der Waals surface area contributed by atoms with Crippen LogP contribution in [0, 0.1) is 10.8 Å². The van der Waals surface area contributed by atoms with E-state index in [9.17, 15) is 24.1 Å². The molecule has 0 spiro atoms. The van der Waals surface area contributed by atoms with Gasteiger partial charge >= 0.3 is 17.9 Å². The van der Waals surface area contributed by atoms with Crippen LogP contribution in [0.4, 0.5) is 0 Å². The van der Waals surface area contributed by atoms with Crippen LogP contribution in [0.25, 0.3) is 0 Å². The highest BCUT2D eigenvalue weighted by Crippen LogP contribution is 2.24. The lowest BCUT2D eigenvalue weighted by atomic mass is 9.90. The van der Waals surface area contributed by atoms with Gasteiger partial charge in [-0.2, -0.15) is 4.91 Å². The number of carbonyl (C=O) groups excluding carboxylic acids is 3. The van der Waals surface area contributed by atoms with Gasteiger partial charge in [0.25, 0.3) is 0 Å². The van der Waals surface area contributed by atoms with Gasteiger partial charge in [0.15, 0.2) is 0 Å². The van der Waals surface area contributed by atoms with Gasteiger partial charge in [-0.15, -0.1) is 0 Å². The molecule has 0 bridgehead atoms. The molecule has 4 unspecified atom stereocenters. The normalized spacial score (nSPS) is 13.4. The maximum atomic E-state index is 13.2. The van der Waals surface area contributed by atoms with Gasteiger partial charge in [0, 0.05) is 44.9 Å². The van der Waals surface area contributed by atoms with Crippen LogP contribution in [-0.2, 0) is 28.7 Å². The number of ketones is 1. The number of carboxylic acid groups (broad SMARTS) is 1. The van der Waals surface area contributed by atoms with Crippen LogP contribution in [0.15, 0.2) is 53.8 Å². The molecule has 4 atom stereocenters. The number of Topliss-reactive ketones (excluding diaryl/α,β-unsaturated/α-hetero) is 1. The molecule has 82 heavy (non-hydrogen) atoms. The minimum atomic E-state index is -0.716. The van der Waals surface area contributed by atoms with E-state index in [1.54, 1.807) is 0 Å². The van der Waals surface area contributed by atoms with Gasteiger partial charge in [0.1, 0.15) is 18.0 Å². The van der Waals surface area contributed by atoms with E-state index < -0.39 is 5.97 Å². The lowest BCUT2D eigenvalue weighted by molar-refractivity contribution is -0.150. The van der Waals surface area contributed by atoms with E-state index in [1.165, 1.54) is 89.9 Å². The summed E-state index contributed by atoms with van der Waals surface area (Å²) in [7, 11) is 0. The van der Waals surface area contributed by atoms with Crippen molar-refractivity contribution in [2.24, 2.45) is 11.1 Å². The lowest BCUT2D eigenvalue weighted by Gasteiger charge is -2.17. The van der Waals surface area contributed by atoms with Gasteiger partial charge in [-0.25, -0.2) is 0 Å². The molecule has 0 amide bonds. The number of nitrogens with zero attached hydrogens (tertiary/aromatic N) is 1. The second kappa shape index (κ2) is 63.7. The number of rotatable bonds is 65. The average Bonchev–Trinajstić information content (AvgIpc) is 3.47. The fraction of sp³-hybridized carbons (Fsp3) is 0.836. The Morgan fingerprint density at radius 2 is 0.683 bits per heavy atom. The Kier molecular flexibility index (Phi) is 61.0. The Labute approximate surface area is 506 Å². The predicted octanol–water partition coefficient (Wildman–Crippen LogP) is 23.2. The van der Waals surface area contributed by atoms with Crippen molar-refractivity contribution < 1.29 is 33.8 Å². The maximum absolute atomic E-state index is 13.2. The van der Waals surface area contributed by atoms with E-state index in [2.05, 4.69) is 81.5 Å². The first kappa shape index (κ1) is 78.6. The largest absolute Gasteiger partial charge is 0.481 e. The first-order chi connectivity index (χ1) is 40.2. The van der Waals surface area contributed by atoms with Gasteiger partial charge in [-0.05, 0) is 134 Å². The lowest BCUT2D eigenvalue weighted by Crippen LogP contribution is -2.17. The molecule has 0 rings (SSSR count). The van der Waals surface area contributed by atoms with E-state index in [1.807, 2.05) is 0 Å². The van der Waals surface area contributed by atoms with Crippen molar-refractivity contribution in [3.05, 3.63) is 53.5 Å². The Balaban J connectivity index is 4.69.